The number of rotatable bonds is 6. The van der Waals surface area contributed by atoms with E-state index in [-0.39, 0.29) is 11.6 Å². The number of anilines is 1. The molecule has 2 N–H and O–H groups in total. The molecule has 0 amide bonds. The van der Waals surface area contributed by atoms with Crippen LogP contribution in [0.25, 0.3) is 10.8 Å². The molecule has 3 heteroatoms. The van der Waals surface area contributed by atoms with Crippen LogP contribution in [0.15, 0.2) is 35.1 Å². The number of fused-ring (bicyclic) bond motifs is 1. The molecule has 0 spiro atoms. The van der Waals surface area contributed by atoms with Gasteiger partial charge in [-0.3, -0.25) is 9.36 Å². The quantitative estimate of drug-likeness (QED) is 0.804. The molecule has 2 rings (SSSR count). The van der Waals surface area contributed by atoms with Crippen molar-refractivity contribution in [3.05, 3.63) is 40.7 Å². The molecule has 0 fully saturated rings. The molecule has 0 bridgehead atoms. The van der Waals surface area contributed by atoms with E-state index in [0.717, 1.165) is 23.6 Å². The molecule has 0 radical (unpaired) electrons. The van der Waals surface area contributed by atoms with Gasteiger partial charge in [0, 0.05) is 11.4 Å². The van der Waals surface area contributed by atoms with Crippen LogP contribution < -0.4 is 11.3 Å². The van der Waals surface area contributed by atoms with Gasteiger partial charge in [0.25, 0.3) is 5.56 Å². The molecule has 20 heavy (non-hydrogen) atoms. The highest BCUT2D eigenvalue weighted by Crippen LogP contribution is 2.20. The Morgan fingerprint density at radius 2 is 1.95 bits per heavy atom. The lowest BCUT2D eigenvalue weighted by Crippen LogP contribution is -2.26. The van der Waals surface area contributed by atoms with Gasteiger partial charge in [0.05, 0.1) is 0 Å². The van der Waals surface area contributed by atoms with Crippen LogP contribution in [0, 0.1) is 0 Å². The van der Waals surface area contributed by atoms with Crippen molar-refractivity contribution in [2.24, 2.45) is 0 Å². The van der Waals surface area contributed by atoms with Crippen LogP contribution >= 0.6 is 0 Å². The van der Waals surface area contributed by atoms with Gasteiger partial charge in [0.15, 0.2) is 0 Å². The Balaban J connectivity index is 2.27. The summed E-state index contributed by atoms with van der Waals surface area (Å²) in [5.41, 5.74) is 6.11. The summed E-state index contributed by atoms with van der Waals surface area (Å²) in [7, 11) is 0. The van der Waals surface area contributed by atoms with Gasteiger partial charge in [0.2, 0.25) is 0 Å². The minimum absolute atomic E-state index is 0.0311. The maximum absolute atomic E-state index is 12.6. The summed E-state index contributed by atoms with van der Waals surface area (Å²) in [5.74, 6) is 0.566. The largest absolute Gasteiger partial charge is 0.385 e. The second-order valence-electron chi connectivity index (χ2n) is 5.53. The van der Waals surface area contributed by atoms with Crippen molar-refractivity contribution in [2.45, 2.75) is 52.0 Å². The van der Waals surface area contributed by atoms with Crippen molar-refractivity contribution >= 4 is 16.6 Å². The van der Waals surface area contributed by atoms with Crippen LogP contribution in [0.5, 0.6) is 0 Å². The van der Waals surface area contributed by atoms with Crippen LogP contribution in [-0.2, 0) is 0 Å². The van der Waals surface area contributed by atoms with Crippen molar-refractivity contribution in [3.8, 4) is 0 Å². The van der Waals surface area contributed by atoms with Gasteiger partial charge in [0.1, 0.15) is 5.82 Å². The standard InChI is InChI=1S/C17H24N2O/c1-3-4-5-6-9-13(2)19-16(18)12-14-10-7-8-11-15(14)17(19)20/h7-8,10-13H,3-6,9,18H2,1-2H3. The first-order chi connectivity index (χ1) is 9.65. The summed E-state index contributed by atoms with van der Waals surface area (Å²) in [6.45, 7) is 4.29. The number of nitrogen functional groups attached to an aromatic ring is 1. The maximum Gasteiger partial charge on any atom is 0.260 e. The molecule has 0 saturated carbocycles. The SMILES string of the molecule is CCCCCCC(C)n1c(N)cc2ccccc2c1=O. The van der Waals surface area contributed by atoms with Gasteiger partial charge in [-0.1, -0.05) is 50.8 Å². The van der Waals surface area contributed by atoms with Crippen molar-refractivity contribution in [2.75, 3.05) is 5.73 Å². The van der Waals surface area contributed by atoms with Crippen molar-refractivity contribution in [1.82, 2.24) is 4.57 Å². The molecule has 0 aliphatic rings. The molecule has 1 heterocycles. The van der Waals surface area contributed by atoms with E-state index in [1.54, 1.807) is 4.57 Å². The van der Waals surface area contributed by atoms with Crippen molar-refractivity contribution in [3.63, 3.8) is 0 Å². The highest BCUT2D eigenvalue weighted by molar-refractivity contribution is 5.83. The van der Waals surface area contributed by atoms with Crippen LogP contribution in [0.4, 0.5) is 5.82 Å². The Kier molecular flexibility index (Phi) is 4.83. The lowest BCUT2D eigenvalue weighted by atomic mass is 10.1. The average Bonchev–Trinajstić information content (AvgIpc) is 2.43. The van der Waals surface area contributed by atoms with E-state index >= 15 is 0 Å². The zero-order chi connectivity index (χ0) is 14.5. The number of hydrogen-bond acceptors (Lipinski definition) is 2. The molecular weight excluding hydrogens is 248 g/mol. The molecule has 0 aliphatic carbocycles. The van der Waals surface area contributed by atoms with E-state index in [4.69, 9.17) is 5.73 Å². The van der Waals surface area contributed by atoms with Gasteiger partial charge in [-0.05, 0) is 30.9 Å². The number of nitrogens with zero attached hydrogens (tertiary/aromatic N) is 1. The molecular formula is C17H24N2O. The Morgan fingerprint density at radius 3 is 2.70 bits per heavy atom. The number of unbranched alkanes of at least 4 members (excludes halogenated alkanes) is 3. The molecule has 1 aromatic heterocycles. The fourth-order valence-corrected chi connectivity index (χ4v) is 2.74. The Morgan fingerprint density at radius 1 is 1.20 bits per heavy atom. The smallest absolute Gasteiger partial charge is 0.260 e. The molecule has 1 unspecified atom stereocenters. The number of benzene rings is 1. The summed E-state index contributed by atoms with van der Waals surface area (Å²) < 4.78 is 1.74. The van der Waals surface area contributed by atoms with Crippen LogP contribution in [0.2, 0.25) is 0 Å². The van der Waals surface area contributed by atoms with E-state index < -0.39 is 0 Å². The van der Waals surface area contributed by atoms with Crippen LogP contribution in [-0.4, -0.2) is 4.57 Å². The fraction of sp³-hybridized carbons (Fsp3) is 0.471. The fourth-order valence-electron chi connectivity index (χ4n) is 2.74. The lowest BCUT2D eigenvalue weighted by molar-refractivity contribution is 0.468. The number of pyridine rings is 1. The van der Waals surface area contributed by atoms with Gasteiger partial charge in [-0.2, -0.15) is 0 Å². The maximum atomic E-state index is 12.6. The van der Waals surface area contributed by atoms with E-state index in [0.29, 0.717) is 5.82 Å². The van der Waals surface area contributed by atoms with Crippen LogP contribution in [0.3, 0.4) is 0 Å². The van der Waals surface area contributed by atoms with Gasteiger partial charge >= 0.3 is 0 Å². The van der Waals surface area contributed by atoms with Gasteiger partial charge in [-0.15, -0.1) is 0 Å². The number of aromatic nitrogens is 1. The second-order valence-corrected chi connectivity index (χ2v) is 5.53. The average molecular weight is 272 g/mol. The third-order valence-corrected chi connectivity index (χ3v) is 3.91. The molecule has 0 saturated heterocycles. The molecule has 1 aromatic carbocycles. The second kappa shape index (κ2) is 6.60. The first kappa shape index (κ1) is 14.6. The number of hydrogen-bond donors (Lipinski definition) is 1. The third kappa shape index (κ3) is 3.03. The Bertz CT molecular complexity index is 630. The zero-order valence-electron chi connectivity index (χ0n) is 12.4. The molecule has 3 nitrogen and oxygen atoms in total. The normalized spacial score (nSPS) is 12.7. The Hall–Kier alpha value is -1.77. The summed E-state index contributed by atoms with van der Waals surface area (Å²) in [6.07, 6.45) is 5.86. The molecule has 0 aliphatic heterocycles. The lowest BCUT2D eigenvalue weighted by Gasteiger charge is -2.18. The molecule has 108 valence electrons. The summed E-state index contributed by atoms with van der Waals surface area (Å²) in [4.78, 5) is 12.6. The van der Waals surface area contributed by atoms with Gasteiger partial charge in [-0.25, -0.2) is 0 Å². The van der Waals surface area contributed by atoms with E-state index in [9.17, 15) is 4.79 Å². The first-order valence-electron chi connectivity index (χ1n) is 7.55. The van der Waals surface area contributed by atoms with E-state index in [1.165, 1.54) is 19.3 Å². The van der Waals surface area contributed by atoms with Crippen molar-refractivity contribution in [1.29, 1.82) is 0 Å². The topological polar surface area (TPSA) is 48.0 Å². The van der Waals surface area contributed by atoms with E-state index in [1.807, 2.05) is 30.3 Å². The number of nitrogens with two attached hydrogens (primary N) is 1. The van der Waals surface area contributed by atoms with Crippen LogP contribution in [0.1, 0.15) is 52.0 Å². The monoisotopic (exact) mass is 272 g/mol. The first-order valence-corrected chi connectivity index (χ1v) is 7.55. The minimum Gasteiger partial charge on any atom is -0.385 e. The molecule has 2 aromatic rings. The summed E-state index contributed by atoms with van der Waals surface area (Å²) in [5, 5.41) is 1.67. The minimum atomic E-state index is 0.0311. The Labute approximate surface area is 120 Å². The predicted molar refractivity (Wildman–Crippen MR) is 86.1 cm³/mol. The summed E-state index contributed by atoms with van der Waals surface area (Å²) >= 11 is 0. The van der Waals surface area contributed by atoms with E-state index in [2.05, 4.69) is 13.8 Å². The highest BCUT2D eigenvalue weighted by Gasteiger charge is 2.12. The van der Waals surface area contributed by atoms with Crippen molar-refractivity contribution < 1.29 is 0 Å². The molecule has 1 atom stereocenters. The zero-order valence-corrected chi connectivity index (χ0v) is 12.4. The third-order valence-electron chi connectivity index (χ3n) is 3.91. The predicted octanol–water partition coefficient (Wildman–Crippen LogP) is 4.12. The van der Waals surface area contributed by atoms with Gasteiger partial charge < -0.3 is 5.73 Å². The highest BCUT2D eigenvalue weighted by atomic mass is 16.1. The summed E-state index contributed by atoms with van der Waals surface area (Å²) in [6, 6.07) is 9.69.